The lowest BCUT2D eigenvalue weighted by Crippen LogP contribution is -2.45. The van der Waals surface area contributed by atoms with Crippen LogP contribution in [-0.2, 0) is 4.74 Å². The van der Waals surface area contributed by atoms with E-state index in [1.807, 2.05) is 66.4 Å². The predicted molar refractivity (Wildman–Crippen MR) is 97.6 cm³/mol. The highest BCUT2D eigenvalue weighted by atomic mass is 16.5. The van der Waals surface area contributed by atoms with Gasteiger partial charge in [-0.25, -0.2) is 4.98 Å². The van der Waals surface area contributed by atoms with Crippen LogP contribution in [0, 0.1) is 0 Å². The van der Waals surface area contributed by atoms with E-state index in [0.29, 0.717) is 24.4 Å². The zero-order valence-electron chi connectivity index (χ0n) is 14.5. The number of ether oxygens (including phenoxy) is 1. The van der Waals surface area contributed by atoms with Crippen LogP contribution < -0.4 is 0 Å². The molecule has 2 atom stereocenters. The fourth-order valence-electron chi connectivity index (χ4n) is 3.29. The zero-order valence-corrected chi connectivity index (χ0v) is 14.5. The number of morpholine rings is 1. The summed E-state index contributed by atoms with van der Waals surface area (Å²) in [5, 5.41) is 0. The molecule has 1 aromatic heterocycles. The van der Waals surface area contributed by atoms with Gasteiger partial charge in [-0.15, -0.1) is 0 Å². The van der Waals surface area contributed by atoms with Crippen molar-refractivity contribution < 1.29 is 13.9 Å². The molecule has 0 unspecified atom stereocenters. The Kier molecular flexibility index (Phi) is 4.54. The molecule has 2 aromatic carbocycles. The van der Waals surface area contributed by atoms with E-state index in [1.54, 1.807) is 6.20 Å². The molecule has 26 heavy (non-hydrogen) atoms. The second kappa shape index (κ2) is 7.14. The Morgan fingerprint density at radius 3 is 2.54 bits per heavy atom. The minimum absolute atomic E-state index is 0.00799. The van der Waals surface area contributed by atoms with Gasteiger partial charge in [0.25, 0.3) is 5.91 Å². The molecule has 5 heteroatoms. The highest BCUT2D eigenvalue weighted by molar-refractivity contribution is 5.94. The monoisotopic (exact) mass is 348 g/mol. The first-order valence-electron chi connectivity index (χ1n) is 8.69. The Balaban J connectivity index is 1.51. The number of carbonyl (C=O) groups excluding carboxylic acids is 1. The summed E-state index contributed by atoms with van der Waals surface area (Å²) in [7, 11) is 0. The van der Waals surface area contributed by atoms with Gasteiger partial charge in [-0.05, 0) is 24.6 Å². The summed E-state index contributed by atoms with van der Waals surface area (Å²) in [4.78, 5) is 18.7. The van der Waals surface area contributed by atoms with Gasteiger partial charge in [0.15, 0.2) is 12.2 Å². The van der Waals surface area contributed by atoms with Crippen LogP contribution in [0.5, 0.6) is 0 Å². The zero-order chi connectivity index (χ0) is 17.9. The number of hydrogen-bond acceptors (Lipinski definition) is 4. The maximum atomic E-state index is 13.0. The first-order valence-corrected chi connectivity index (χ1v) is 8.69. The standard InChI is InChI=1S/C21H20N2O3/c1-15-12-23(13-20(26-15)16-5-3-2-4-6-16)21(24)18-9-7-17(8-10-18)19-11-22-14-25-19/h2-11,14-15,20H,12-13H2,1H3/t15-,20+/m0/s1. The van der Waals surface area contributed by atoms with Crippen molar-refractivity contribution in [2.24, 2.45) is 0 Å². The number of nitrogens with zero attached hydrogens (tertiary/aromatic N) is 2. The molecule has 1 aliphatic heterocycles. The summed E-state index contributed by atoms with van der Waals surface area (Å²) in [6.07, 6.45) is 2.95. The minimum Gasteiger partial charge on any atom is -0.444 e. The third kappa shape index (κ3) is 3.39. The van der Waals surface area contributed by atoms with Gasteiger partial charge in [0.1, 0.15) is 6.10 Å². The van der Waals surface area contributed by atoms with Crippen molar-refractivity contribution in [1.82, 2.24) is 9.88 Å². The summed E-state index contributed by atoms with van der Waals surface area (Å²) in [6, 6.07) is 17.5. The average Bonchev–Trinajstić information content (AvgIpc) is 3.22. The normalized spacial score (nSPS) is 20.1. The number of benzene rings is 2. The molecule has 1 saturated heterocycles. The van der Waals surface area contributed by atoms with E-state index in [4.69, 9.17) is 9.15 Å². The van der Waals surface area contributed by atoms with Gasteiger partial charge in [0.05, 0.1) is 18.8 Å². The molecule has 0 N–H and O–H groups in total. The molecule has 0 bridgehead atoms. The molecule has 5 nitrogen and oxygen atoms in total. The van der Waals surface area contributed by atoms with Crippen molar-refractivity contribution in [2.45, 2.75) is 19.1 Å². The van der Waals surface area contributed by atoms with Crippen molar-refractivity contribution in [2.75, 3.05) is 13.1 Å². The van der Waals surface area contributed by atoms with Crippen molar-refractivity contribution in [3.8, 4) is 11.3 Å². The number of rotatable bonds is 3. The van der Waals surface area contributed by atoms with Crippen LogP contribution in [0.15, 0.2) is 71.6 Å². The van der Waals surface area contributed by atoms with Crippen molar-refractivity contribution in [1.29, 1.82) is 0 Å². The lowest BCUT2D eigenvalue weighted by molar-refractivity contribution is -0.0691. The number of amides is 1. The smallest absolute Gasteiger partial charge is 0.254 e. The Labute approximate surface area is 152 Å². The van der Waals surface area contributed by atoms with Crippen molar-refractivity contribution in [3.05, 3.63) is 78.3 Å². The number of oxazole rings is 1. The van der Waals surface area contributed by atoms with Crippen molar-refractivity contribution >= 4 is 5.91 Å². The lowest BCUT2D eigenvalue weighted by Gasteiger charge is -2.37. The Hall–Kier alpha value is -2.92. The SMILES string of the molecule is C[C@H]1CN(C(=O)c2ccc(-c3cnco3)cc2)C[C@H](c2ccccc2)O1. The van der Waals surface area contributed by atoms with Crippen LogP contribution in [0.25, 0.3) is 11.3 Å². The van der Waals surface area contributed by atoms with E-state index in [2.05, 4.69) is 4.98 Å². The molecule has 3 aromatic rings. The van der Waals surface area contributed by atoms with E-state index in [9.17, 15) is 4.79 Å². The summed E-state index contributed by atoms with van der Waals surface area (Å²) in [5.41, 5.74) is 2.66. The van der Waals surface area contributed by atoms with Crippen LogP contribution in [-0.4, -0.2) is 35.0 Å². The van der Waals surface area contributed by atoms with Gasteiger partial charge in [0.2, 0.25) is 0 Å². The lowest BCUT2D eigenvalue weighted by atomic mass is 10.0. The molecule has 2 heterocycles. The maximum Gasteiger partial charge on any atom is 0.254 e. The molecule has 0 radical (unpaired) electrons. The van der Waals surface area contributed by atoms with Crippen LogP contribution in [0.1, 0.15) is 28.9 Å². The van der Waals surface area contributed by atoms with Crippen LogP contribution in [0.4, 0.5) is 0 Å². The summed E-state index contributed by atoms with van der Waals surface area (Å²) in [6.45, 7) is 3.14. The second-order valence-electron chi connectivity index (χ2n) is 6.50. The van der Waals surface area contributed by atoms with Gasteiger partial charge < -0.3 is 14.1 Å². The summed E-state index contributed by atoms with van der Waals surface area (Å²) >= 11 is 0. The first kappa shape index (κ1) is 16.5. The van der Waals surface area contributed by atoms with E-state index in [1.165, 1.54) is 6.39 Å². The largest absolute Gasteiger partial charge is 0.444 e. The maximum absolute atomic E-state index is 13.0. The average molecular weight is 348 g/mol. The Morgan fingerprint density at radius 1 is 1.08 bits per heavy atom. The van der Waals surface area contributed by atoms with Crippen LogP contribution in [0.2, 0.25) is 0 Å². The second-order valence-corrected chi connectivity index (χ2v) is 6.50. The van der Waals surface area contributed by atoms with E-state index < -0.39 is 0 Å². The number of aromatic nitrogens is 1. The molecular formula is C21H20N2O3. The summed E-state index contributed by atoms with van der Waals surface area (Å²) in [5.74, 6) is 0.707. The van der Waals surface area contributed by atoms with E-state index in [0.717, 1.165) is 11.1 Å². The van der Waals surface area contributed by atoms with Crippen LogP contribution in [0.3, 0.4) is 0 Å². The Bertz CT molecular complexity index is 860. The minimum atomic E-state index is -0.0997. The van der Waals surface area contributed by atoms with Gasteiger partial charge in [0, 0.05) is 17.7 Å². The van der Waals surface area contributed by atoms with E-state index in [-0.39, 0.29) is 18.1 Å². The quantitative estimate of drug-likeness (QED) is 0.719. The van der Waals surface area contributed by atoms with Crippen LogP contribution >= 0.6 is 0 Å². The molecular weight excluding hydrogens is 328 g/mol. The number of hydrogen-bond donors (Lipinski definition) is 0. The topological polar surface area (TPSA) is 55.6 Å². The highest BCUT2D eigenvalue weighted by Gasteiger charge is 2.29. The fourth-order valence-corrected chi connectivity index (χ4v) is 3.29. The molecule has 1 amide bonds. The van der Waals surface area contributed by atoms with Crippen molar-refractivity contribution in [3.63, 3.8) is 0 Å². The highest BCUT2D eigenvalue weighted by Crippen LogP contribution is 2.26. The Morgan fingerprint density at radius 2 is 1.85 bits per heavy atom. The molecule has 132 valence electrons. The number of carbonyl (C=O) groups is 1. The molecule has 0 saturated carbocycles. The van der Waals surface area contributed by atoms with Gasteiger partial charge in [-0.3, -0.25) is 4.79 Å². The molecule has 1 fully saturated rings. The van der Waals surface area contributed by atoms with Gasteiger partial charge >= 0.3 is 0 Å². The molecule has 0 aliphatic carbocycles. The molecule has 0 spiro atoms. The van der Waals surface area contributed by atoms with Gasteiger partial charge in [-0.1, -0.05) is 42.5 Å². The first-order chi connectivity index (χ1) is 12.7. The fraction of sp³-hybridized carbons (Fsp3) is 0.238. The third-order valence-electron chi connectivity index (χ3n) is 4.57. The van der Waals surface area contributed by atoms with E-state index >= 15 is 0 Å². The predicted octanol–water partition coefficient (Wildman–Crippen LogP) is 3.94. The molecule has 4 rings (SSSR count). The third-order valence-corrected chi connectivity index (χ3v) is 4.57. The van der Waals surface area contributed by atoms with Gasteiger partial charge in [-0.2, -0.15) is 0 Å². The molecule has 1 aliphatic rings. The summed E-state index contributed by atoms with van der Waals surface area (Å²) < 4.78 is 11.3.